The second kappa shape index (κ2) is 4.77. The Morgan fingerprint density at radius 1 is 1.06 bits per heavy atom. The summed E-state index contributed by atoms with van der Waals surface area (Å²) >= 11 is 0. The van der Waals surface area contributed by atoms with Crippen molar-refractivity contribution in [2.75, 3.05) is 0 Å². The standard InChI is InChI=1S/C15H17N3/c1-18-11-16-15(17-18)14-9-7-13(8-10-14)12-5-3-2-4-6-12/h5,7-11H,2-4,6H2,1H3. The average molecular weight is 239 g/mol. The van der Waals surface area contributed by atoms with Crippen molar-refractivity contribution in [3.05, 3.63) is 42.2 Å². The van der Waals surface area contributed by atoms with Gasteiger partial charge >= 0.3 is 0 Å². The van der Waals surface area contributed by atoms with Gasteiger partial charge in [-0.3, -0.25) is 4.68 Å². The number of nitrogens with zero attached hydrogens (tertiary/aromatic N) is 3. The Hall–Kier alpha value is -1.90. The molecule has 3 rings (SSSR count). The van der Waals surface area contributed by atoms with Gasteiger partial charge < -0.3 is 0 Å². The minimum atomic E-state index is 0.793. The van der Waals surface area contributed by atoms with Crippen LogP contribution in [0.3, 0.4) is 0 Å². The van der Waals surface area contributed by atoms with Crippen LogP contribution in [0.25, 0.3) is 17.0 Å². The lowest BCUT2D eigenvalue weighted by Crippen LogP contribution is -1.92. The number of allylic oxidation sites excluding steroid dienone is 2. The highest BCUT2D eigenvalue weighted by Gasteiger charge is 2.07. The van der Waals surface area contributed by atoms with Gasteiger partial charge in [0.1, 0.15) is 6.33 Å². The summed E-state index contributed by atoms with van der Waals surface area (Å²) in [6, 6.07) is 8.59. The van der Waals surface area contributed by atoms with Crippen LogP contribution < -0.4 is 0 Å². The second-order valence-electron chi connectivity index (χ2n) is 4.79. The summed E-state index contributed by atoms with van der Waals surface area (Å²) in [5, 5.41) is 4.31. The second-order valence-corrected chi connectivity index (χ2v) is 4.79. The lowest BCUT2D eigenvalue weighted by atomic mass is 9.93. The van der Waals surface area contributed by atoms with Gasteiger partial charge in [0, 0.05) is 12.6 Å². The summed E-state index contributed by atoms with van der Waals surface area (Å²) in [7, 11) is 1.89. The van der Waals surface area contributed by atoms with Crippen LogP contribution in [0.2, 0.25) is 0 Å². The summed E-state index contributed by atoms with van der Waals surface area (Å²) in [6.07, 6.45) is 9.18. The highest BCUT2D eigenvalue weighted by molar-refractivity contribution is 5.68. The number of aryl methyl sites for hydroxylation is 1. The molecule has 0 saturated carbocycles. The van der Waals surface area contributed by atoms with E-state index in [0.29, 0.717) is 0 Å². The van der Waals surface area contributed by atoms with Gasteiger partial charge in [0.05, 0.1) is 0 Å². The van der Waals surface area contributed by atoms with Gasteiger partial charge in [0.15, 0.2) is 5.82 Å². The molecule has 2 aromatic rings. The molecule has 0 N–H and O–H groups in total. The Bertz CT molecular complexity index is 564. The minimum absolute atomic E-state index is 0.793. The van der Waals surface area contributed by atoms with E-state index in [1.807, 2.05) is 7.05 Å². The maximum Gasteiger partial charge on any atom is 0.181 e. The Labute approximate surface area is 107 Å². The predicted molar refractivity (Wildman–Crippen MR) is 72.9 cm³/mol. The highest BCUT2D eigenvalue weighted by Crippen LogP contribution is 2.27. The number of hydrogen-bond acceptors (Lipinski definition) is 2. The molecule has 0 fully saturated rings. The fraction of sp³-hybridized carbons (Fsp3) is 0.333. The molecule has 0 amide bonds. The maximum absolute atomic E-state index is 4.31. The van der Waals surface area contributed by atoms with Crippen LogP contribution >= 0.6 is 0 Å². The number of rotatable bonds is 2. The SMILES string of the molecule is Cn1cnc(-c2ccc(C3=CCCCC3)cc2)n1. The number of hydrogen-bond donors (Lipinski definition) is 0. The zero-order chi connectivity index (χ0) is 12.4. The molecule has 1 aliphatic carbocycles. The maximum atomic E-state index is 4.31. The van der Waals surface area contributed by atoms with E-state index in [9.17, 15) is 0 Å². The van der Waals surface area contributed by atoms with Crippen molar-refractivity contribution in [1.29, 1.82) is 0 Å². The van der Waals surface area contributed by atoms with E-state index in [4.69, 9.17) is 0 Å². The first kappa shape index (κ1) is 11.2. The van der Waals surface area contributed by atoms with E-state index in [2.05, 4.69) is 40.4 Å². The smallest absolute Gasteiger partial charge is 0.181 e. The molecule has 1 aliphatic rings. The van der Waals surface area contributed by atoms with E-state index in [1.165, 1.54) is 36.8 Å². The van der Waals surface area contributed by atoms with Gasteiger partial charge in [0.2, 0.25) is 0 Å². The van der Waals surface area contributed by atoms with E-state index in [1.54, 1.807) is 11.0 Å². The molecule has 3 nitrogen and oxygen atoms in total. The Morgan fingerprint density at radius 3 is 2.44 bits per heavy atom. The van der Waals surface area contributed by atoms with Crippen molar-refractivity contribution in [1.82, 2.24) is 14.8 Å². The summed E-state index contributed by atoms with van der Waals surface area (Å²) in [4.78, 5) is 4.27. The van der Waals surface area contributed by atoms with Gasteiger partial charge in [-0.15, -0.1) is 0 Å². The predicted octanol–water partition coefficient (Wildman–Crippen LogP) is 3.44. The van der Waals surface area contributed by atoms with Crippen LogP contribution in [0.15, 0.2) is 36.7 Å². The molecular weight excluding hydrogens is 222 g/mol. The van der Waals surface area contributed by atoms with Crippen molar-refractivity contribution in [2.24, 2.45) is 7.05 Å². The van der Waals surface area contributed by atoms with Gasteiger partial charge in [-0.25, -0.2) is 4.98 Å². The molecule has 0 saturated heterocycles. The fourth-order valence-corrected chi connectivity index (χ4v) is 2.41. The van der Waals surface area contributed by atoms with Crippen molar-refractivity contribution in [2.45, 2.75) is 25.7 Å². The quantitative estimate of drug-likeness (QED) is 0.803. The van der Waals surface area contributed by atoms with Gasteiger partial charge in [-0.1, -0.05) is 30.3 Å². The van der Waals surface area contributed by atoms with E-state index in [0.717, 1.165) is 11.4 Å². The summed E-state index contributed by atoms with van der Waals surface area (Å²) in [6.45, 7) is 0. The van der Waals surface area contributed by atoms with Crippen molar-refractivity contribution in [3.63, 3.8) is 0 Å². The first-order valence-corrected chi connectivity index (χ1v) is 6.48. The third-order valence-corrected chi connectivity index (χ3v) is 3.40. The lowest BCUT2D eigenvalue weighted by Gasteiger charge is -2.12. The van der Waals surface area contributed by atoms with Crippen LogP contribution in [-0.4, -0.2) is 14.8 Å². The third-order valence-electron chi connectivity index (χ3n) is 3.40. The van der Waals surface area contributed by atoms with E-state index < -0.39 is 0 Å². The first-order chi connectivity index (χ1) is 8.83. The molecule has 18 heavy (non-hydrogen) atoms. The van der Waals surface area contributed by atoms with Crippen LogP contribution in [0.4, 0.5) is 0 Å². The summed E-state index contributed by atoms with van der Waals surface area (Å²) in [5.41, 5.74) is 3.91. The van der Waals surface area contributed by atoms with Crippen molar-refractivity contribution < 1.29 is 0 Å². The molecule has 1 aromatic heterocycles. The van der Waals surface area contributed by atoms with Crippen molar-refractivity contribution in [3.8, 4) is 11.4 Å². The fourth-order valence-electron chi connectivity index (χ4n) is 2.41. The average Bonchev–Trinajstić information content (AvgIpc) is 2.87. The molecule has 1 aromatic carbocycles. The molecule has 1 heterocycles. The van der Waals surface area contributed by atoms with Crippen LogP contribution in [0.1, 0.15) is 31.2 Å². The lowest BCUT2D eigenvalue weighted by molar-refractivity contribution is 0.742. The molecule has 0 unspecified atom stereocenters. The monoisotopic (exact) mass is 239 g/mol. The Morgan fingerprint density at radius 2 is 1.83 bits per heavy atom. The molecule has 92 valence electrons. The zero-order valence-corrected chi connectivity index (χ0v) is 10.6. The molecular formula is C15H17N3. The number of aromatic nitrogens is 3. The molecule has 0 bridgehead atoms. The first-order valence-electron chi connectivity index (χ1n) is 6.48. The molecule has 0 aliphatic heterocycles. The third kappa shape index (κ3) is 2.21. The van der Waals surface area contributed by atoms with Crippen LogP contribution in [0, 0.1) is 0 Å². The molecule has 3 heteroatoms. The Balaban J connectivity index is 1.87. The van der Waals surface area contributed by atoms with Gasteiger partial charge in [-0.05, 0) is 36.8 Å². The van der Waals surface area contributed by atoms with Crippen LogP contribution in [-0.2, 0) is 7.05 Å². The summed E-state index contributed by atoms with van der Waals surface area (Å²) in [5.74, 6) is 0.793. The molecule has 0 spiro atoms. The van der Waals surface area contributed by atoms with Gasteiger partial charge in [0.25, 0.3) is 0 Å². The number of benzene rings is 1. The normalized spacial score (nSPS) is 15.5. The van der Waals surface area contributed by atoms with Crippen LogP contribution in [0.5, 0.6) is 0 Å². The van der Waals surface area contributed by atoms with E-state index >= 15 is 0 Å². The molecule has 0 radical (unpaired) electrons. The molecule has 0 atom stereocenters. The minimum Gasteiger partial charge on any atom is -0.255 e. The Kier molecular flexibility index (Phi) is 2.97. The van der Waals surface area contributed by atoms with Gasteiger partial charge in [-0.2, -0.15) is 5.10 Å². The summed E-state index contributed by atoms with van der Waals surface area (Å²) < 4.78 is 1.73. The zero-order valence-electron chi connectivity index (χ0n) is 10.6. The van der Waals surface area contributed by atoms with E-state index in [-0.39, 0.29) is 0 Å². The van der Waals surface area contributed by atoms with Crippen molar-refractivity contribution >= 4 is 5.57 Å². The highest BCUT2D eigenvalue weighted by atomic mass is 15.3. The largest absolute Gasteiger partial charge is 0.255 e. The topological polar surface area (TPSA) is 30.7 Å².